The van der Waals surface area contributed by atoms with Gasteiger partial charge in [0.15, 0.2) is 0 Å². The minimum absolute atomic E-state index is 0.125. The van der Waals surface area contributed by atoms with Crippen LogP contribution in [0.25, 0.3) is 0 Å². The first kappa shape index (κ1) is 11.7. The molecule has 1 heterocycles. The number of rotatable bonds is 3. The summed E-state index contributed by atoms with van der Waals surface area (Å²) in [6.07, 6.45) is 3.48. The van der Waals surface area contributed by atoms with Crippen molar-refractivity contribution in [2.24, 2.45) is 5.73 Å². The van der Waals surface area contributed by atoms with Crippen molar-refractivity contribution in [1.82, 2.24) is 4.98 Å². The molecule has 2 unspecified atom stereocenters. The van der Waals surface area contributed by atoms with E-state index < -0.39 is 0 Å². The van der Waals surface area contributed by atoms with Gasteiger partial charge in [-0.15, -0.1) is 0 Å². The summed E-state index contributed by atoms with van der Waals surface area (Å²) in [5.41, 5.74) is 8.07. The van der Waals surface area contributed by atoms with Gasteiger partial charge in [0.25, 0.3) is 0 Å². The van der Waals surface area contributed by atoms with Gasteiger partial charge < -0.3 is 5.73 Å². The minimum Gasteiger partial charge on any atom is -0.323 e. The van der Waals surface area contributed by atoms with Gasteiger partial charge in [0.05, 0.1) is 0 Å². The molecule has 0 fully saturated rings. The van der Waals surface area contributed by atoms with Crippen LogP contribution in [-0.2, 0) is 0 Å². The zero-order valence-electron chi connectivity index (χ0n) is 9.68. The van der Waals surface area contributed by atoms with Crippen molar-refractivity contribution in [2.75, 3.05) is 0 Å². The molecule has 0 saturated heterocycles. The van der Waals surface area contributed by atoms with Gasteiger partial charge in [0, 0.05) is 24.4 Å². The van der Waals surface area contributed by atoms with Gasteiger partial charge in [0.1, 0.15) is 5.82 Å². The third kappa shape index (κ3) is 2.68. The highest BCUT2D eigenvalue weighted by Gasteiger charge is 2.16. The molecule has 2 nitrogen and oxygen atoms in total. The van der Waals surface area contributed by atoms with Gasteiger partial charge in [-0.05, 0) is 35.4 Å². The second kappa shape index (κ2) is 5.06. The van der Waals surface area contributed by atoms with Gasteiger partial charge >= 0.3 is 0 Å². The molecule has 0 spiro atoms. The number of nitrogens with zero attached hydrogens (tertiary/aromatic N) is 1. The highest BCUT2D eigenvalue weighted by atomic mass is 19.1. The van der Waals surface area contributed by atoms with Crippen LogP contribution >= 0.6 is 0 Å². The lowest BCUT2D eigenvalue weighted by Crippen LogP contribution is -2.17. The Morgan fingerprint density at radius 3 is 2.47 bits per heavy atom. The lowest BCUT2D eigenvalue weighted by atomic mass is 9.90. The van der Waals surface area contributed by atoms with Gasteiger partial charge in [-0.1, -0.05) is 19.1 Å². The molecule has 2 atom stereocenters. The van der Waals surface area contributed by atoms with Crippen LogP contribution in [0.1, 0.15) is 30.0 Å². The molecular formula is C14H15FN2. The van der Waals surface area contributed by atoms with E-state index in [1.807, 2.05) is 25.1 Å². The molecule has 0 aliphatic rings. The van der Waals surface area contributed by atoms with Crippen LogP contribution in [-0.4, -0.2) is 4.98 Å². The van der Waals surface area contributed by atoms with Crippen LogP contribution in [0.2, 0.25) is 0 Å². The van der Waals surface area contributed by atoms with Crippen LogP contribution in [0.3, 0.4) is 0 Å². The summed E-state index contributed by atoms with van der Waals surface area (Å²) in [5, 5.41) is 0. The van der Waals surface area contributed by atoms with E-state index >= 15 is 0 Å². The van der Waals surface area contributed by atoms with Gasteiger partial charge in [-0.2, -0.15) is 0 Å². The molecule has 0 saturated carbocycles. The SMILES string of the molecule is CC(c1ccncc1)C(N)c1cccc(F)c1. The van der Waals surface area contributed by atoms with Crippen molar-refractivity contribution in [1.29, 1.82) is 0 Å². The van der Waals surface area contributed by atoms with E-state index in [2.05, 4.69) is 4.98 Å². The van der Waals surface area contributed by atoms with E-state index in [0.29, 0.717) is 0 Å². The van der Waals surface area contributed by atoms with E-state index in [4.69, 9.17) is 5.73 Å². The molecule has 1 aromatic heterocycles. The molecule has 3 heteroatoms. The van der Waals surface area contributed by atoms with Crippen LogP contribution in [0, 0.1) is 5.82 Å². The number of pyridine rings is 1. The van der Waals surface area contributed by atoms with Crippen molar-refractivity contribution in [3.05, 3.63) is 65.7 Å². The molecule has 0 aliphatic carbocycles. The first-order chi connectivity index (χ1) is 8.18. The van der Waals surface area contributed by atoms with Gasteiger partial charge in [-0.25, -0.2) is 4.39 Å². The van der Waals surface area contributed by atoms with Crippen LogP contribution in [0.5, 0.6) is 0 Å². The Morgan fingerprint density at radius 1 is 1.12 bits per heavy atom. The van der Waals surface area contributed by atoms with Gasteiger partial charge in [0.2, 0.25) is 0 Å². The second-order valence-corrected chi connectivity index (χ2v) is 4.15. The van der Waals surface area contributed by atoms with Crippen molar-refractivity contribution in [2.45, 2.75) is 18.9 Å². The Labute approximate surface area is 100 Å². The fourth-order valence-corrected chi connectivity index (χ4v) is 1.88. The molecule has 2 aromatic rings. The third-order valence-electron chi connectivity index (χ3n) is 3.00. The van der Waals surface area contributed by atoms with Crippen molar-refractivity contribution < 1.29 is 4.39 Å². The van der Waals surface area contributed by atoms with E-state index in [9.17, 15) is 4.39 Å². The van der Waals surface area contributed by atoms with Gasteiger partial charge in [-0.3, -0.25) is 4.98 Å². The maximum atomic E-state index is 13.1. The molecule has 2 N–H and O–H groups in total. The topological polar surface area (TPSA) is 38.9 Å². The number of hydrogen-bond donors (Lipinski definition) is 1. The summed E-state index contributed by atoms with van der Waals surface area (Å²) < 4.78 is 13.1. The average molecular weight is 230 g/mol. The maximum Gasteiger partial charge on any atom is 0.123 e. The number of nitrogens with two attached hydrogens (primary N) is 1. The standard InChI is InChI=1S/C14H15FN2/c1-10(11-5-7-17-8-6-11)14(16)12-3-2-4-13(15)9-12/h2-10,14H,16H2,1H3. The molecule has 0 amide bonds. The minimum atomic E-state index is -0.250. The fourth-order valence-electron chi connectivity index (χ4n) is 1.88. The summed E-state index contributed by atoms with van der Waals surface area (Å²) in [7, 11) is 0. The van der Waals surface area contributed by atoms with Crippen molar-refractivity contribution in [3.63, 3.8) is 0 Å². The lowest BCUT2D eigenvalue weighted by Gasteiger charge is -2.20. The summed E-state index contributed by atoms with van der Waals surface area (Å²) in [6, 6.07) is 10.1. The largest absolute Gasteiger partial charge is 0.323 e. The Morgan fingerprint density at radius 2 is 1.82 bits per heavy atom. The number of halogens is 1. The number of aromatic nitrogens is 1. The summed E-state index contributed by atoms with van der Waals surface area (Å²) in [5.74, 6) is -0.125. The zero-order chi connectivity index (χ0) is 12.3. The first-order valence-corrected chi connectivity index (χ1v) is 5.59. The molecular weight excluding hydrogens is 215 g/mol. The number of hydrogen-bond acceptors (Lipinski definition) is 2. The fraction of sp³-hybridized carbons (Fsp3) is 0.214. The van der Waals surface area contributed by atoms with Crippen LogP contribution < -0.4 is 5.73 Å². The molecule has 0 radical (unpaired) electrons. The van der Waals surface area contributed by atoms with E-state index in [1.165, 1.54) is 12.1 Å². The summed E-state index contributed by atoms with van der Waals surface area (Å²) in [6.45, 7) is 2.03. The Kier molecular flexibility index (Phi) is 3.49. The summed E-state index contributed by atoms with van der Waals surface area (Å²) >= 11 is 0. The Balaban J connectivity index is 2.23. The highest BCUT2D eigenvalue weighted by molar-refractivity contribution is 5.26. The lowest BCUT2D eigenvalue weighted by molar-refractivity contribution is 0.582. The quantitative estimate of drug-likeness (QED) is 0.880. The highest BCUT2D eigenvalue weighted by Crippen LogP contribution is 2.28. The molecule has 2 rings (SSSR count). The summed E-state index contributed by atoms with van der Waals surface area (Å²) in [4.78, 5) is 3.97. The van der Waals surface area contributed by atoms with Crippen LogP contribution in [0.4, 0.5) is 4.39 Å². The molecule has 0 bridgehead atoms. The molecule has 1 aromatic carbocycles. The first-order valence-electron chi connectivity index (χ1n) is 5.59. The smallest absolute Gasteiger partial charge is 0.123 e. The average Bonchev–Trinajstić information content (AvgIpc) is 2.38. The molecule has 0 aliphatic heterocycles. The third-order valence-corrected chi connectivity index (χ3v) is 3.00. The van der Waals surface area contributed by atoms with E-state index in [-0.39, 0.29) is 17.8 Å². The normalized spacial score (nSPS) is 14.3. The monoisotopic (exact) mass is 230 g/mol. The zero-order valence-corrected chi connectivity index (χ0v) is 9.68. The van der Waals surface area contributed by atoms with Crippen molar-refractivity contribution >= 4 is 0 Å². The maximum absolute atomic E-state index is 13.1. The Bertz CT molecular complexity index is 485. The molecule has 17 heavy (non-hydrogen) atoms. The second-order valence-electron chi connectivity index (χ2n) is 4.15. The van der Waals surface area contributed by atoms with E-state index in [0.717, 1.165) is 11.1 Å². The van der Waals surface area contributed by atoms with Crippen LogP contribution in [0.15, 0.2) is 48.8 Å². The van der Waals surface area contributed by atoms with E-state index in [1.54, 1.807) is 18.5 Å². The molecule has 88 valence electrons. The number of benzene rings is 1. The predicted octanol–water partition coefficient (Wildman–Crippen LogP) is 3.02. The predicted molar refractivity (Wildman–Crippen MR) is 66.0 cm³/mol. The Hall–Kier alpha value is -1.74. The van der Waals surface area contributed by atoms with Crippen molar-refractivity contribution in [3.8, 4) is 0 Å².